The minimum Gasteiger partial charge on any atom is -0.370 e. The molecule has 0 aliphatic heterocycles. The Kier molecular flexibility index (Phi) is 2.89. The van der Waals surface area contributed by atoms with Crippen molar-refractivity contribution in [1.82, 2.24) is 9.97 Å². The Morgan fingerprint density at radius 1 is 1.40 bits per heavy atom. The quantitative estimate of drug-likeness (QED) is 0.821. The third kappa shape index (κ3) is 2.91. The van der Waals surface area contributed by atoms with Gasteiger partial charge >= 0.3 is 0 Å². The maximum absolute atomic E-state index is 4.36. The summed E-state index contributed by atoms with van der Waals surface area (Å²) in [5.41, 5.74) is 1.03. The molecule has 1 aliphatic rings. The lowest BCUT2D eigenvalue weighted by molar-refractivity contribution is 0.536. The van der Waals surface area contributed by atoms with E-state index in [0.717, 1.165) is 35.7 Å². The Hall–Kier alpha value is -1.12. The lowest BCUT2D eigenvalue weighted by atomic mass is 10.1. The molecule has 1 atom stereocenters. The summed E-state index contributed by atoms with van der Waals surface area (Å²) in [5.74, 6) is 3.52. The fraction of sp³-hybridized carbons (Fsp3) is 0.667. The van der Waals surface area contributed by atoms with Crippen LogP contribution in [0.3, 0.4) is 0 Å². The molecule has 3 nitrogen and oxygen atoms in total. The van der Waals surface area contributed by atoms with E-state index >= 15 is 0 Å². The zero-order valence-corrected chi connectivity index (χ0v) is 9.75. The van der Waals surface area contributed by atoms with Crippen molar-refractivity contribution in [3.05, 3.63) is 17.6 Å². The first-order valence-corrected chi connectivity index (χ1v) is 5.71. The second-order valence-electron chi connectivity index (χ2n) is 4.64. The number of rotatable bonds is 4. The highest BCUT2D eigenvalue weighted by Gasteiger charge is 2.27. The molecule has 82 valence electrons. The molecule has 0 bridgehead atoms. The summed E-state index contributed by atoms with van der Waals surface area (Å²) in [5, 5.41) is 3.40. The largest absolute Gasteiger partial charge is 0.370 e. The third-order valence-electron chi connectivity index (χ3n) is 3.00. The first-order valence-electron chi connectivity index (χ1n) is 5.71. The first-order chi connectivity index (χ1) is 7.15. The molecule has 1 unspecified atom stereocenters. The predicted octanol–water partition coefficient (Wildman–Crippen LogP) is 2.55. The number of aromatic nitrogens is 2. The molecule has 1 aromatic rings. The molecule has 3 heteroatoms. The van der Waals surface area contributed by atoms with Gasteiger partial charge in [0.25, 0.3) is 0 Å². The minimum atomic E-state index is 0.764. The SMILES string of the molecule is Cc1cc(NCC(C)C2CC2)nc(C)n1. The molecule has 0 saturated heterocycles. The van der Waals surface area contributed by atoms with Crippen LogP contribution in [0.5, 0.6) is 0 Å². The average Bonchev–Trinajstić information content (AvgIpc) is 2.95. The van der Waals surface area contributed by atoms with E-state index in [1.54, 1.807) is 0 Å². The van der Waals surface area contributed by atoms with Crippen molar-refractivity contribution in [2.75, 3.05) is 11.9 Å². The molecular formula is C12H19N3. The topological polar surface area (TPSA) is 37.8 Å². The lowest BCUT2D eigenvalue weighted by Crippen LogP contribution is -2.14. The Labute approximate surface area is 91.3 Å². The molecule has 1 fully saturated rings. The van der Waals surface area contributed by atoms with Crippen LogP contribution < -0.4 is 5.32 Å². The Balaban J connectivity index is 1.91. The molecular weight excluding hydrogens is 186 g/mol. The predicted molar refractivity (Wildman–Crippen MR) is 61.9 cm³/mol. The van der Waals surface area contributed by atoms with Gasteiger partial charge in [-0.25, -0.2) is 9.97 Å². The Bertz CT molecular complexity index is 324. The van der Waals surface area contributed by atoms with Crippen LogP contribution in [-0.4, -0.2) is 16.5 Å². The lowest BCUT2D eigenvalue weighted by Gasteiger charge is -2.12. The Morgan fingerprint density at radius 2 is 2.13 bits per heavy atom. The van der Waals surface area contributed by atoms with E-state index in [0.29, 0.717) is 0 Å². The molecule has 0 radical (unpaired) electrons. The smallest absolute Gasteiger partial charge is 0.129 e. The summed E-state index contributed by atoms with van der Waals surface area (Å²) in [7, 11) is 0. The van der Waals surface area contributed by atoms with E-state index in [1.807, 2.05) is 19.9 Å². The van der Waals surface area contributed by atoms with Gasteiger partial charge < -0.3 is 5.32 Å². The number of aryl methyl sites for hydroxylation is 2. The summed E-state index contributed by atoms with van der Waals surface area (Å²) >= 11 is 0. The average molecular weight is 205 g/mol. The molecule has 2 rings (SSSR count). The van der Waals surface area contributed by atoms with Crippen molar-refractivity contribution in [1.29, 1.82) is 0 Å². The summed E-state index contributed by atoms with van der Waals surface area (Å²) in [6.45, 7) is 7.28. The molecule has 0 spiro atoms. The van der Waals surface area contributed by atoms with Crippen molar-refractivity contribution >= 4 is 5.82 Å². The van der Waals surface area contributed by atoms with E-state index in [1.165, 1.54) is 12.8 Å². The van der Waals surface area contributed by atoms with Crippen LogP contribution in [-0.2, 0) is 0 Å². The molecule has 15 heavy (non-hydrogen) atoms. The summed E-state index contributed by atoms with van der Waals surface area (Å²) < 4.78 is 0. The maximum atomic E-state index is 4.36. The third-order valence-corrected chi connectivity index (χ3v) is 3.00. The normalized spacial score (nSPS) is 17.5. The van der Waals surface area contributed by atoms with Crippen molar-refractivity contribution in [2.45, 2.75) is 33.6 Å². The van der Waals surface area contributed by atoms with Gasteiger partial charge in [0.05, 0.1) is 0 Å². The van der Waals surface area contributed by atoms with Crippen molar-refractivity contribution in [3.63, 3.8) is 0 Å². The Morgan fingerprint density at radius 3 is 2.73 bits per heavy atom. The van der Waals surface area contributed by atoms with Crippen LogP contribution >= 0.6 is 0 Å². The van der Waals surface area contributed by atoms with Gasteiger partial charge in [-0.15, -0.1) is 0 Å². The monoisotopic (exact) mass is 205 g/mol. The fourth-order valence-electron chi connectivity index (χ4n) is 1.90. The standard InChI is InChI=1S/C12H19N3/c1-8(11-4-5-11)7-13-12-6-9(2)14-10(3)15-12/h6,8,11H,4-5,7H2,1-3H3,(H,13,14,15). The number of nitrogens with one attached hydrogen (secondary N) is 1. The molecule has 0 aromatic carbocycles. The van der Waals surface area contributed by atoms with Crippen LogP contribution in [0, 0.1) is 25.7 Å². The highest BCUT2D eigenvalue weighted by atomic mass is 15.0. The minimum absolute atomic E-state index is 0.764. The fourth-order valence-corrected chi connectivity index (χ4v) is 1.90. The van der Waals surface area contributed by atoms with Crippen LogP contribution in [0.25, 0.3) is 0 Å². The van der Waals surface area contributed by atoms with Gasteiger partial charge in [0.15, 0.2) is 0 Å². The van der Waals surface area contributed by atoms with E-state index in [9.17, 15) is 0 Å². The van der Waals surface area contributed by atoms with Crippen LogP contribution in [0.2, 0.25) is 0 Å². The number of hydrogen-bond donors (Lipinski definition) is 1. The first kappa shape index (κ1) is 10.4. The van der Waals surface area contributed by atoms with Crippen LogP contribution in [0.15, 0.2) is 6.07 Å². The second-order valence-corrected chi connectivity index (χ2v) is 4.64. The second kappa shape index (κ2) is 4.17. The number of nitrogens with zero attached hydrogens (tertiary/aromatic N) is 2. The molecule has 1 aliphatic carbocycles. The zero-order valence-electron chi connectivity index (χ0n) is 9.75. The molecule has 1 saturated carbocycles. The number of anilines is 1. The maximum Gasteiger partial charge on any atom is 0.129 e. The van der Waals surface area contributed by atoms with E-state index in [4.69, 9.17) is 0 Å². The summed E-state index contributed by atoms with van der Waals surface area (Å²) in [4.78, 5) is 8.62. The van der Waals surface area contributed by atoms with Gasteiger partial charge in [0, 0.05) is 18.3 Å². The van der Waals surface area contributed by atoms with E-state index < -0.39 is 0 Å². The highest BCUT2D eigenvalue weighted by molar-refractivity contribution is 5.35. The van der Waals surface area contributed by atoms with Crippen molar-refractivity contribution < 1.29 is 0 Å². The summed E-state index contributed by atoms with van der Waals surface area (Å²) in [6.07, 6.45) is 2.81. The van der Waals surface area contributed by atoms with Gasteiger partial charge in [-0.2, -0.15) is 0 Å². The molecule has 1 heterocycles. The van der Waals surface area contributed by atoms with Crippen molar-refractivity contribution in [3.8, 4) is 0 Å². The number of hydrogen-bond acceptors (Lipinski definition) is 3. The zero-order chi connectivity index (χ0) is 10.8. The van der Waals surface area contributed by atoms with Gasteiger partial charge in [-0.05, 0) is 38.5 Å². The van der Waals surface area contributed by atoms with Gasteiger partial charge in [0.1, 0.15) is 11.6 Å². The molecule has 1 N–H and O–H groups in total. The van der Waals surface area contributed by atoms with Crippen LogP contribution in [0.4, 0.5) is 5.82 Å². The molecule has 0 amide bonds. The van der Waals surface area contributed by atoms with Gasteiger partial charge in [-0.1, -0.05) is 6.92 Å². The summed E-state index contributed by atoms with van der Waals surface area (Å²) in [6, 6.07) is 2.01. The van der Waals surface area contributed by atoms with Gasteiger partial charge in [0.2, 0.25) is 0 Å². The van der Waals surface area contributed by atoms with E-state index in [2.05, 4.69) is 22.2 Å². The van der Waals surface area contributed by atoms with Crippen LogP contribution in [0.1, 0.15) is 31.3 Å². The van der Waals surface area contributed by atoms with Gasteiger partial charge in [-0.3, -0.25) is 0 Å². The molecule has 1 aromatic heterocycles. The van der Waals surface area contributed by atoms with E-state index in [-0.39, 0.29) is 0 Å². The van der Waals surface area contributed by atoms with Crippen molar-refractivity contribution in [2.24, 2.45) is 11.8 Å². The highest BCUT2D eigenvalue weighted by Crippen LogP contribution is 2.36.